The summed E-state index contributed by atoms with van der Waals surface area (Å²) in [5.41, 5.74) is 3.78. The third kappa shape index (κ3) is 4.57. The van der Waals surface area contributed by atoms with Crippen molar-refractivity contribution in [1.29, 1.82) is 0 Å². The van der Waals surface area contributed by atoms with Crippen molar-refractivity contribution in [3.05, 3.63) is 66.0 Å². The first kappa shape index (κ1) is 24.0. The van der Waals surface area contributed by atoms with Crippen LogP contribution in [0.1, 0.15) is 55.5 Å². The van der Waals surface area contributed by atoms with Gasteiger partial charge in [0.2, 0.25) is 0 Å². The molecule has 4 aromatic heterocycles. The molecule has 1 aromatic carbocycles. The Labute approximate surface area is 215 Å². The highest BCUT2D eigenvalue weighted by Crippen LogP contribution is 2.43. The number of aromatic amines is 1. The van der Waals surface area contributed by atoms with Crippen molar-refractivity contribution in [1.82, 2.24) is 39.7 Å². The summed E-state index contributed by atoms with van der Waals surface area (Å²) in [6, 6.07) is 7.10. The Morgan fingerprint density at radius 2 is 1.82 bits per heavy atom. The standard InChI is InChI=1S/C26H24F3N9/c1-14(2)38-12-20(26(27,28)29)35-25(38)17-5-3-15(4-6-17)9-30-23-21-24(32-13-31-21)37-22(36-23)19-11-34-33-10-18(19)16-7-8-16/h3-6,10-14,16H,7-9H2,1-2H3,(H2,30,31,32,36,37). The van der Waals surface area contributed by atoms with E-state index < -0.39 is 11.9 Å². The molecular weight excluding hydrogens is 495 g/mol. The molecule has 0 atom stereocenters. The van der Waals surface area contributed by atoms with E-state index in [1.165, 1.54) is 4.57 Å². The minimum absolute atomic E-state index is 0.172. The van der Waals surface area contributed by atoms with Gasteiger partial charge in [0.1, 0.15) is 11.3 Å². The molecule has 2 N–H and O–H groups in total. The number of rotatable bonds is 7. The van der Waals surface area contributed by atoms with Gasteiger partial charge in [-0.1, -0.05) is 24.3 Å². The molecule has 12 heteroatoms. The van der Waals surface area contributed by atoms with Crippen molar-refractivity contribution < 1.29 is 13.2 Å². The van der Waals surface area contributed by atoms with E-state index in [4.69, 9.17) is 4.98 Å². The summed E-state index contributed by atoms with van der Waals surface area (Å²) in [5, 5.41) is 11.4. The van der Waals surface area contributed by atoms with Crippen molar-refractivity contribution in [3.8, 4) is 22.8 Å². The first-order valence-electron chi connectivity index (χ1n) is 12.3. The van der Waals surface area contributed by atoms with Gasteiger partial charge in [0.15, 0.2) is 23.0 Å². The van der Waals surface area contributed by atoms with E-state index in [1.807, 2.05) is 26.0 Å². The Morgan fingerprint density at radius 3 is 2.53 bits per heavy atom. The van der Waals surface area contributed by atoms with Crippen LogP contribution in [0.25, 0.3) is 33.9 Å². The highest BCUT2D eigenvalue weighted by Gasteiger charge is 2.35. The van der Waals surface area contributed by atoms with Crippen molar-refractivity contribution in [3.63, 3.8) is 0 Å². The van der Waals surface area contributed by atoms with Gasteiger partial charge in [0.05, 0.1) is 18.7 Å². The summed E-state index contributed by atoms with van der Waals surface area (Å²) in [5.74, 6) is 1.85. The molecule has 1 fully saturated rings. The van der Waals surface area contributed by atoms with Gasteiger partial charge in [-0.25, -0.2) is 19.9 Å². The fraction of sp³-hybridized carbons (Fsp3) is 0.308. The summed E-state index contributed by atoms with van der Waals surface area (Å²) in [6.45, 7) is 4.08. The molecule has 1 aliphatic rings. The molecule has 6 rings (SSSR count). The van der Waals surface area contributed by atoms with Crippen molar-refractivity contribution in [2.75, 3.05) is 5.32 Å². The quantitative estimate of drug-likeness (QED) is 0.281. The molecule has 4 heterocycles. The molecular formula is C26H24F3N9. The molecule has 5 aromatic rings. The summed E-state index contributed by atoms with van der Waals surface area (Å²) in [7, 11) is 0. The molecule has 0 unspecified atom stereocenters. The second kappa shape index (κ2) is 9.19. The Kier molecular flexibility index (Phi) is 5.81. The van der Waals surface area contributed by atoms with Gasteiger partial charge in [0.25, 0.3) is 0 Å². The van der Waals surface area contributed by atoms with Crippen LogP contribution in [0.2, 0.25) is 0 Å². The van der Waals surface area contributed by atoms with Gasteiger partial charge in [-0.15, -0.1) is 0 Å². The van der Waals surface area contributed by atoms with Crippen LogP contribution in [0.3, 0.4) is 0 Å². The number of nitrogens with zero attached hydrogens (tertiary/aromatic N) is 7. The Morgan fingerprint density at radius 1 is 1.05 bits per heavy atom. The smallest absolute Gasteiger partial charge is 0.364 e. The highest BCUT2D eigenvalue weighted by molar-refractivity contribution is 5.84. The lowest BCUT2D eigenvalue weighted by Gasteiger charge is -2.12. The van der Waals surface area contributed by atoms with Gasteiger partial charge in [-0.3, -0.25) is 0 Å². The van der Waals surface area contributed by atoms with E-state index >= 15 is 0 Å². The molecule has 0 saturated heterocycles. The predicted octanol–water partition coefficient (Wildman–Crippen LogP) is 5.76. The average Bonchev–Trinajstić information content (AvgIpc) is 3.44. The second-order valence-electron chi connectivity index (χ2n) is 9.63. The number of alkyl halides is 3. The van der Waals surface area contributed by atoms with Crippen LogP contribution in [0, 0.1) is 0 Å². The van der Waals surface area contributed by atoms with Gasteiger partial charge >= 0.3 is 6.18 Å². The monoisotopic (exact) mass is 519 g/mol. The minimum atomic E-state index is -4.50. The lowest BCUT2D eigenvalue weighted by molar-refractivity contribution is -0.140. The number of imidazole rings is 2. The maximum Gasteiger partial charge on any atom is 0.434 e. The van der Waals surface area contributed by atoms with Gasteiger partial charge in [-0.2, -0.15) is 23.4 Å². The molecule has 1 aliphatic carbocycles. The number of anilines is 1. The zero-order chi connectivity index (χ0) is 26.4. The Bertz CT molecular complexity index is 1600. The van der Waals surface area contributed by atoms with E-state index in [-0.39, 0.29) is 11.9 Å². The third-order valence-electron chi connectivity index (χ3n) is 6.56. The van der Waals surface area contributed by atoms with Crippen LogP contribution in [-0.4, -0.2) is 39.7 Å². The summed E-state index contributed by atoms with van der Waals surface area (Å²) >= 11 is 0. The van der Waals surface area contributed by atoms with Crippen molar-refractivity contribution in [2.45, 2.75) is 51.4 Å². The van der Waals surface area contributed by atoms with E-state index in [2.05, 4.69) is 35.5 Å². The first-order chi connectivity index (χ1) is 18.3. The van der Waals surface area contributed by atoms with Crippen LogP contribution < -0.4 is 5.32 Å². The molecule has 0 amide bonds. The molecule has 0 radical (unpaired) electrons. The number of H-pyrrole nitrogens is 1. The maximum atomic E-state index is 13.3. The van der Waals surface area contributed by atoms with E-state index in [0.717, 1.165) is 35.7 Å². The second-order valence-corrected chi connectivity index (χ2v) is 9.63. The Hall–Kier alpha value is -4.35. The highest BCUT2D eigenvalue weighted by atomic mass is 19.4. The third-order valence-corrected chi connectivity index (χ3v) is 6.56. The number of hydrogen-bond acceptors (Lipinski definition) is 7. The molecule has 194 valence electrons. The number of fused-ring (bicyclic) bond motifs is 1. The van der Waals surface area contributed by atoms with E-state index in [1.54, 1.807) is 30.9 Å². The first-order valence-corrected chi connectivity index (χ1v) is 12.3. The lowest BCUT2D eigenvalue weighted by Crippen LogP contribution is -2.05. The summed E-state index contributed by atoms with van der Waals surface area (Å²) in [6.07, 6.45) is 3.82. The fourth-order valence-electron chi connectivity index (χ4n) is 4.41. The number of aromatic nitrogens is 8. The summed E-state index contributed by atoms with van der Waals surface area (Å²) in [4.78, 5) is 20.7. The zero-order valence-corrected chi connectivity index (χ0v) is 20.7. The average molecular weight is 520 g/mol. The largest absolute Gasteiger partial charge is 0.434 e. The molecule has 9 nitrogen and oxygen atoms in total. The molecule has 1 saturated carbocycles. The molecule has 0 bridgehead atoms. The van der Waals surface area contributed by atoms with E-state index in [9.17, 15) is 13.2 Å². The van der Waals surface area contributed by atoms with Gasteiger partial charge in [0, 0.05) is 29.9 Å². The minimum Gasteiger partial charge on any atom is -0.364 e. The number of benzene rings is 1. The van der Waals surface area contributed by atoms with Crippen LogP contribution >= 0.6 is 0 Å². The van der Waals surface area contributed by atoms with Crippen LogP contribution in [0.4, 0.5) is 19.0 Å². The van der Waals surface area contributed by atoms with Crippen molar-refractivity contribution >= 4 is 17.0 Å². The number of nitrogens with one attached hydrogen (secondary N) is 2. The van der Waals surface area contributed by atoms with Gasteiger partial charge in [-0.05, 0) is 43.7 Å². The maximum absolute atomic E-state index is 13.3. The fourth-order valence-corrected chi connectivity index (χ4v) is 4.41. The normalized spacial score (nSPS) is 13.9. The topological polar surface area (TPSA) is 110 Å². The molecule has 0 spiro atoms. The van der Waals surface area contributed by atoms with Crippen molar-refractivity contribution in [2.24, 2.45) is 0 Å². The Balaban J connectivity index is 1.26. The molecule has 0 aliphatic heterocycles. The molecule has 38 heavy (non-hydrogen) atoms. The number of halogens is 3. The zero-order valence-electron chi connectivity index (χ0n) is 20.7. The van der Waals surface area contributed by atoms with Crippen LogP contribution in [-0.2, 0) is 12.7 Å². The van der Waals surface area contributed by atoms with E-state index in [0.29, 0.717) is 40.8 Å². The number of hydrogen-bond donors (Lipinski definition) is 2. The van der Waals surface area contributed by atoms with Crippen LogP contribution in [0.5, 0.6) is 0 Å². The summed E-state index contributed by atoms with van der Waals surface area (Å²) < 4.78 is 41.3. The predicted molar refractivity (Wildman–Crippen MR) is 135 cm³/mol. The SMILES string of the molecule is CC(C)n1cc(C(F)(F)F)nc1-c1ccc(CNc2nc(-c3cnncc3C3CC3)nc3nc[nH]c23)cc1. The lowest BCUT2D eigenvalue weighted by atomic mass is 10.1. The van der Waals surface area contributed by atoms with Gasteiger partial charge < -0.3 is 14.9 Å². The van der Waals surface area contributed by atoms with Crippen LogP contribution in [0.15, 0.2) is 49.2 Å².